The number of nitrogen functional groups attached to an aromatic ring is 1. The Hall–Kier alpha value is -2.25. The Kier molecular flexibility index (Phi) is 1.21. The Labute approximate surface area is 69.0 Å². The molecule has 5 N–H and O–H groups in total. The van der Waals surface area contributed by atoms with Crippen LogP contribution in [0.4, 0.5) is 0 Å². The maximum atomic E-state index is 11.2. The Morgan fingerprint density at radius 3 is 2.46 bits per heavy atom. The zero-order valence-corrected chi connectivity index (χ0v) is 6.25. The summed E-state index contributed by atoms with van der Waals surface area (Å²) >= 11 is 0. The smallest absolute Gasteiger partial charge is 0.332 e. The quantitative estimate of drug-likeness (QED) is 0.334. The van der Waals surface area contributed by atoms with E-state index < -0.39 is 16.9 Å². The van der Waals surface area contributed by atoms with Crippen LogP contribution in [-0.4, -0.2) is 19.6 Å². The largest absolute Gasteiger partial charge is 0.348 e. The number of nitrogens with one attached hydrogen (secondary N) is 3. The molecule has 0 fully saturated rings. The summed E-state index contributed by atoms with van der Waals surface area (Å²) in [5.41, 5.74) is -2.12. The van der Waals surface area contributed by atoms with Gasteiger partial charge in [0.1, 0.15) is 5.65 Å². The number of imidazole rings is 1. The van der Waals surface area contributed by atoms with Crippen molar-refractivity contribution in [2.45, 2.75) is 0 Å². The first kappa shape index (κ1) is 7.40. The number of nitrogens with zero attached hydrogens (tertiary/aromatic N) is 1. The summed E-state index contributed by atoms with van der Waals surface area (Å²) in [5.74, 6) is 5.08. The summed E-state index contributed by atoms with van der Waals surface area (Å²) < 4.78 is 0.381. The van der Waals surface area contributed by atoms with Crippen molar-refractivity contribution in [1.82, 2.24) is 19.6 Å². The van der Waals surface area contributed by atoms with E-state index in [1.807, 2.05) is 0 Å². The lowest BCUT2D eigenvalue weighted by Crippen LogP contribution is -2.40. The molecule has 13 heavy (non-hydrogen) atoms. The zero-order chi connectivity index (χ0) is 9.59. The summed E-state index contributed by atoms with van der Waals surface area (Å²) in [4.78, 5) is 39.5. The summed E-state index contributed by atoms with van der Waals surface area (Å²) in [6.45, 7) is 0. The van der Waals surface area contributed by atoms with Crippen LogP contribution < -0.4 is 22.8 Å². The lowest BCUT2D eigenvalue weighted by Gasteiger charge is -1.93. The van der Waals surface area contributed by atoms with Gasteiger partial charge in [-0.2, -0.15) is 4.68 Å². The maximum Gasteiger partial charge on any atom is 0.348 e. The Morgan fingerprint density at radius 2 is 1.77 bits per heavy atom. The predicted molar refractivity (Wildman–Crippen MR) is 44.0 cm³/mol. The van der Waals surface area contributed by atoms with Gasteiger partial charge in [-0.3, -0.25) is 19.7 Å². The number of fused-ring (bicyclic) bond motifs is 1. The number of rotatable bonds is 0. The SMILES string of the molecule is Nn1c(=O)[nH]c2[nH]c(=O)[nH]c2c1=O. The summed E-state index contributed by atoms with van der Waals surface area (Å²) in [6, 6.07) is 0. The molecule has 0 amide bonds. The normalized spacial score (nSPS) is 10.8. The average Bonchev–Trinajstić information content (AvgIpc) is 2.42. The number of nitrogens with two attached hydrogens (primary N) is 1. The minimum absolute atomic E-state index is 0.0432. The Morgan fingerprint density at radius 1 is 1.08 bits per heavy atom. The van der Waals surface area contributed by atoms with Crippen molar-refractivity contribution in [2.75, 3.05) is 5.84 Å². The van der Waals surface area contributed by atoms with E-state index in [4.69, 9.17) is 5.84 Å². The van der Waals surface area contributed by atoms with Gasteiger partial charge in [0.15, 0.2) is 5.52 Å². The van der Waals surface area contributed by atoms with Crippen molar-refractivity contribution < 1.29 is 0 Å². The van der Waals surface area contributed by atoms with E-state index in [0.29, 0.717) is 4.68 Å². The summed E-state index contributed by atoms with van der Waals surface area (Å²) in [6.07, 6.45) is 0. The number of hydrogen-bond donors (Lipinski definition) is 4. The molecule has 0 unspecified atom stereocenters. The van der Waals surface area contributed by atoms with E-state index in [9.17, 15) is 14.4 Å². The van der Waals surface area contributed by atoms with Crippen LogP contribution in [0.2, 0.25) is 0 Å². The molecule has 8 nitrogen and oxygen atoms in total. The number of aromatic nitrogens is 4. The van der Waals surface area contributed by atoms with Crippen LogP contribution in [0.1, 0.15) is 0 Å². The molecule has 0 saturated heterocycles. The van der Waals surface area contributed by atoms with Crippen LogP contribution >= 0.6 is 0 Å². The summed E-state index contributed by atoms with van der Waals surface area (Å²) in [5, 5.41) is 0. The van der Waals surface area contributed by atoms with Crippen molar-refractivity contribution in [2.24, 2.45) is 0 Å². The van der Waals surface area contributed by atoms with Crippen molar-refractivity contribution >= 4 is 11.2 Å². The third-order valence-corrected chi connectivity index (χ3v) is 1.61. The number of hydrogen-bond acceptors (Lipinski definition) is 4. The van der Waals surface area contributed by atoms with Gasteiger partial charge in [-0.05, 0) is 0 Å². The summed E-state index contributed by atoms with van der Waals surface area (Å²) in [7, 11) is 0. The molecule has 0 spiro atoms. The second kappa shape index (κ2) is 2.12. The van der Waals surface area contributed by atoms with E-state index in [-0.39, 0.29) is 11.2 Å². The minimum Gasteiger partial charge on any atom is -0.332 e. The van der Waals surface area contributed by atoms with E-state index in [1.54, 1.807) is 0 Å². The monoisotopic (exact) mass is 183 g/mol. The van der Waals surface area contributed by atoms with Crippen LogP contribution in [0.25, 0.3) is 11.2 Å². The minimum atomic E-state index is -0.784. The fourth-order valence-electron chi connectivity index (χ4n) is 1.02. The van der Waals surface area contributed by atoms with Gasteiger partial charge in [0, 0.05) is 0 Å². The van der Waals surface area contributed by atoms with Crippen molar-refractivity contribution in [3.05, 3.63) is 31.3 Å². The topological polar surface area (TPSA) is 130 Å². The molecule has 0 radical (unpaired) electrons. The van der Waals surface area contributed by atoms with Gasteiger partial charge in [-0.1, -0.05) is 0 Å². The first-order valence-electron chi connectivity index (χ1n) is 3.32. The highest BCUT2D eigenvalue weighted by Gasteiger charge is 2.06. The molecule has 0 aliphatic rings. The number of aromatic amines is 3. The lowest BCUT2D eigenvalue weighted by atomic mass is 10.5. The predicted octanol–water partition coefficient (Wildman–Crippen LogP) is -2.58. The van der Waals surface area contributed by atoms with Gasteiger partial charge in [-0.25, -0.2) is 9.59 Å². The standard InChI is InChI=1S/C5H5N5O3/c6-10-3(11)1-2(9-5(10)13)8-4(12)7-1/h6H2,(H,9,13)(H2,7,8,12). The zero-order valence-electron chi connectivity index (χ0n) is 6.25. The molecule has 2 heterocycles. The van der Waals surface area contributed by atoms with E-state index in [0.717, 1.165) is 0 Å². The molecule has 68 valence electrons. The molecule has 2 rings (SSSR count). The van der Waals surface area contributed by atoms with Crippen LogP contribution in [0.3, 0.4) is 0 Å². The molecule has 0 bridgehead atoms. The Bertz CT molecular complexity index is 626. The highest BCUT2D eigenvalue weighted by atomic mass is 16.2. The van der Waals surface area contributed by atoms with Crippen molar-refractivity contribution in [1.29, 1.82) is 0 Å². The van der Waals surface area contributed by atoms with Crippen LogP contribution in [-0.2, 0) is 0 Å². The van der Waals surface area contributed by atoms with Crippen molar-refractivity contribution in [3.8, 4) is 0 Å². The van der Waals surface area contributed by atoms with Gasteiger partial charge in [-0.15, -0.1) is 0 Å². The second-order valence-corrected chi connectivity index (χ2v) is 2.43. The van der Waals surface area contributed by atoms with Gasteiger partial charge in [0.05, 0.1) is 0 Å². The fourth-order valence-corrected chi connectivity index (χ4v) is 1.02. The van der Waals surface area contributed by atoms with Gasteiger partial charge >= 0.3 is 16.9 Å². The highest BCUT2D eigenvalue weighted by molar-refractivity contribution is 5.67. The van der Waals surface area contributed by atoms with Crippen LogP contribution in [0.15, 0.2) is 14.4 Å². The van der Waals surface area contributed by atoms with Gasteiger partial charge in [0.2, 0.25) is 0 Å². The molecule has 0 aromatic carbocycles. The average molecular weight is 183 g/mol. The van der Waals surface area contributed by atoms with Gasteiger partial charge in [0.25, 0.3) is 0 Å². The molecule has 0 saturated carbocycles. The van der Waals surface area contributed by atoms with Crippen molar-refractivity contribution in [3.63, 3.8) is 0 Å². The van der Waals surface area contributed by atoms with E-state index in [2.05, 4.69) is 15.0 Å². The van der Waals surface area contributed by atoms with Crippen LogP contribution in [0, 0.1) is 0 Å². The molecule has 0 aliphatic carbocycles. The maximum absolute atomic E-state index is 11.2. The molecular formula is C5H5N5O3. The third-order valence-electron chi connectivity index (χ3n) is 1.61. The first-order valence-corrected chi connectivity index (χ1v) is 3.32. The van der Waals surface area contributed by atoms with E-state index in [1.165, 1.54) is 0 Å². The Balaban J connectivity index is 3.19. The fraction of sp³-hybridized carbons (Fsp3) is 0. The molecule has 2 aromatic rings. The first-order chi connectivity index (χ1) is 6.09. The third kappa shape index (κ3) is 0.883. The second-order valence-electron chi connectivity index (χ2n) is 2.43. The highest BCUT2D eigenvalue weighted by Crippen LogP contribution is 1.89. The molecular weight excluding hydrogens is 178 g/mol. The lowest BCUT2D eigenvalue weighted by molar-refractivity contribution is 0.852. The number of H-pyrrole nitrogens is 3. The molecule has 0 aliphatic heterocycles. The molecule has 0 atom stereocenters. The van der Waals surface area contributed by atoms with Crippen LogP contribution in [0.5, 0.6) is 0 Å². The van der Waals surface area contributed by atoms with E-state index >= 15 is 0 Å². The molecule has 8 heteroatoms. The van der Waals surface area contributed by atoms with Gasteiger partial charge < -0.3 is 5.84 Å². The molecule has 2 aromatic heterocycles.